The van der Waals surface area contributed by atoms with Gasteiger partial charge in [-0.1, -0.05) is 31.5 Å². The van der Waals surface area contributed by atoms with Gasteiger partial charge in [-0.15, -0.1) is 0 Å². The molecule has 1 aromatic rings. The Morgan fingerprint density at radius 3 is 2.38 bits per heavy atom. The van der Waals surface area contributed by atoms with Crippen LogP contribution in [0.1, 0.15) is 24.0 Å². The van der Waals surface area contributed by atoms with Gasteiger partial charge >= 0.3 is 0 Å². The second-order valence-electron chi connectivity index (χ2n) is 3.28. The lowest BCUT2D eigenvalue weighted by Gasteiger charge is -2.10. The van der Waals surface area contributed by atoms with Crippen molar-refractivity contribution >= 4 is 0 Å². The van der Waals surface area contributed by atoms with Gasteiger partial charge in [0.2, 0.25) is 0 Å². The van der Waals surface area contributed by atoms with Crippen molar-refractivity contribution in [2.24, 2.45) is 0 Å². The van der Waals surface area contributed by atoms with Crippen molar-refractivity contribution in [3.63, 3.8) is 0 Å². The van der Waals surface area contributed by atoms with E-state index in [-0.39, 0.29) is 0 Å². The molecular formula is C12H17O. The van der Waals surface area contributed by atoms with Crippen molar-refractivity contribution in [2.45, 2.75) is 26.7 Å². The maximum absolute atomic E-state index is 5.67. The van der Waals surface area contributed by atoms with Crippen LogP contribution >= 0.6 is 0 Å². The highest BCUT2D eigenvalue weighted by Crippen LogP contribution is 2.22. The third-order valence-corrected chi connectivity index (χ3v) is 2.05. The van der Waals surface area contributed by atoms with Gasteiger partial charge in [-0.25, -0.2) is 0 Å². The molecule has 13 heavy (non-hydrogen) atoms. The van der Waals surface area contributed by atoms with Crippen LogP contribution in [0.2, 0.25) is 0 Å². The molecule has 0 aliphatic heterocycles. The van der Waals surface area contributed by atoms with Gasteiger partial charge in [0.15, 0.2) is 0 Å². The highest BCUT2D eigenvalue weighted by molar-refractivity contribution is 5.39. The molecule has 0 aliphatic rings. The Hall–Kier alpha value is -0.980. The molecule has 0 saturated carbocycles. The first kappa shape index (κ1) is 10.1. The van der Waals surface area contributed by atoms with Gasteiger partial charge in [-0.2, -0.15) is 0 Å². The second kappa shape index (κ2) is 4.90. The molecule has 0 aromatic heterocycles. The molecule has 0 N–H and O–H groups in total. The molecule has 0 heterocycles. The zero-order chi connectivity index (χ0) is 9.68. The number of para-hydroxylation sites is 1. The molecule has 0 aliphatic carbocycles. The number of ether oxygens (including phenoxy) is 1. The minimum absolute atomic E-state index is 0.773. The molecule has 1 heteroatoms. The van der Waals surface area contributed by atoms with Gasteiger partial charge in [0.1, 0.15) is 5.75 Å². The van der Waals surface area contributed by atoms with Crippen LogP contribution in [0.15, 0.2) is 18.2 Å². The summed E-state index contributed by atoms with van der Waals surface area (Å²) in [5.41, 5.74) is 2.42. The van der Waals surface area contributed by atoms with Crippen LogP contribution in [0.3, 0.4) is 0 Å². The lowest BCUT2D eigenvalue weighted by atomic mass is 10.1. The van der Waals surface area contributed by atoms with E-state index in [1.807, 2.05) is 0 Å². The van der Waals surface area contributed by atoms with Crippen LogP contribution in [0.4, 0.5) is 0 Å². The number of benzene rings is 1. The van der Waals surface area contributed by atoms with E-state index in [0.717, 1.165) is 25.2 Å². The minimum Gasteiger partial charge on any atom is -0.493 e. The maximum Gasteiger partial charge on any atom is 0.125 e. The van der Waals surface area contributed by atoms with Gasteiger partial charge < -0.3 is 4.74 Å². The molecule has 1 radical (unpaired) electrons. The highest BCUT2D eigenvalue weighted by atomic mass is 16.5. The Bertz CT molecular complexity index is 246. The summed E-state index contributed by atoms with van der Waals surface area (Å²) >= 11 is 0. The summed E-state index contributed by atoms with van der Waals surface area (Å²) in [5.74, 6) is 1.04. The third-order valence-electron chi connectivity index (χ3n) is 2.05. The van der Waals surface area contributed by atoms with Crippen molar-refractivity contribution in [2.75, 3.05) is 6.61 Å². The number of unbranched alkanes of at least 4 members (excludes halogenated alkanes) is 1. The summed E-state index contributed by atoms with van der Waals surface area (Å²) in [4.78, 5) is 0. The first-order valence-corrected chi connectivity index (χ1v) is 4.74. The van der Waals surface area contributed by atoms with E-state index in [4.69, 9.17) is 4.74 Å². The number of rotatable bonds is 4. The quantitative estimate of drug-likeness (QED) is 0.641. The number of hydrogen-bond acceptors (Lipinski definition) is 1. The van der Waals surface area contributed by atoms with E-state index in [1.54, 1.807) is 0 Å². The molecule has 1 nitrogen and oxygen atoms in total. The van der Waals surface area contributed by atoms with E-state index in [2.05, 4.69) is 39.0 Å². The summed E-state index contributed by atoms with van der Waals surface area (Å²) in [6.45, 7) is 8.71. The van der Waals surface area contributed by atoms with E-state index < -0.39 is 0 Å². The zero-order valence-electron chi connectivity index (χ0n) is 8.47. The number of hydrogen-bond donors (Lipinski definition) is 0. The Labute approximate surface area is 80.7 Å². The van der Waals surface area contributed by atoms with Crippen molar-refractivity contribution in [3.8, 4) is 5.75 Å². The van der Waals surface area contributed by atoms with Crippen LogP contribution in [-0.2, 0) is 0 Å². The van der Waals surface area contributed by atoms with E-state index in [9.17, 15) is 0 Å². The Kier molecular flexibility index (Phi) is 3.81. The predicted octanol–water partition coefficient (Wildman–Crippen LogP) is 3.30. The first-order chi connectivity index (χ1) is 6.25. The maximum atomic E-state index is 5.67. The third kappa shape index (κ3) is 2.76. The lowest BCUT2D eigenvalue weighted by molar-refractivity contribution is 0.308. The van der Waals surface area contributed by atoms with Crippen LogP contribution < -0.4 is 4.74 Å². The van der Waals surface area contributed by atoms with Gasteiger partial charge in [-0.3, -0.25) is 0 Å². The number of aryl methyl sites for hydroxylation is 2. The summed E-state index contributed by atoms with van der Waals surface area (Å²) in [7, 11) is 0. The largest absolute Gasteiger partial charge is 0.493 e. The van der Waals surface area contributed by atoms with Crippen LogP contribution in [0.5, 0.6) is 5.75 Å². The molecule has 0 saturated heterocycles. The van der Waals surface area contributed by atoms with E-state index in [0.29, 0.717) is 0 Å². The molecule has 0 bridgehead atoms. The second-order valence-corrected chi connectivity index (χ2v) is 3.28. The molecule has 0 unspecified atom stereocenters. The standard InChI is InChI=1S/C12H17O/c1-4-5-9-13-12-10(2)7-6-8-11(12)3/h6-8H,1,4-5,9H2,2-3H3. The normalized spacial score (nSPS) is 10.1. The predicted molar refractivity (Wildman–Crippen MR) is 56.0 cm³/mol. The fourth-order valence-electron chi connectivity index (χ4n) is 1.30. The minimum atomic E-state index is 0.773. The monoisotopic (exact) mass is 177 g/mol. The smallest absolute Gasteiger partial charge is 0.125 e. The molecule has 1 aromatic carbocycles. The van der Waals surface area contributed by atoms with Gasteiger partial charge in [0.25, 0.3) is 0 Å². The van der Waals surface area contributed by atoms with E-state index >= 15 is 0 Å². The van der Waals surface area contributed by atoms with Gasteiger partial charge in [0.05, 0.1) is 6.61 Å². The molecule has 0 atom stereocenters. The Balaban J connectivity index is 2.64. The molecule has 0 fully saturated rings. The molecular weight excluding hydrogens is 160 g/mol. The van der Waals surface area contributed by atoms with Crippen LogP contribution in [0.25, 0.3) is 0 Å². The average Bonchev–Trinajstić information content (AvgIpc) is 2.10. The first-order valence-electron chi connectivity index (χ1n) is 4.74. The van der Waals surface area contributed by atoms with Crippen LogP contribution in [0, 0.1) is 20.8 Å². The molecule has 1 rings (SSSR count). The summed E-state index contributed by atoms with van der Waals surface area (Å²) in [5, 5.41) is 0. The SMILES string of the molecule is [CH2]CCCOc1c(C)cccc1C. The van der Waals surface area contributed by atoms with Crippen molar-refractivity contribution in [1.82, 2.24) is 0 Å². The summed E-state index contributed by atoms with van der Waals surface area (Å²) in [6.07, 6.45) is 1.96. The van der Waals surface area contributed by atoms with E-state index in [1.165, 1.54) is 11.1 Å². The molecule has 0 spiro atoms. The topological polar surface area (TPSA) is 9.23 Å². The van der Waals surface area contributed by atoms with Gasteiger partial charge in [0, 0.05) is 0 Å². The summed E-state index contributed by atoms with van der Waals surface area (Å²) in [6, 6.07) is 6.21. The van der Waals surface area contributed by atoms with Crippen molar-refractivity contribution in [1.29, 1.82) is 0 Å². The fourth-order valence-corrected chi connectivity index (χ4v) is 1.30. The highest BCUT2D eigenvalue weighted by Gasteiger charge is 2.01. The molecule has 0 amide bonds. The Morgan fingerprint density at radius 2 is 1.85 bits per heavy atom. The zero-order valence-corrected chi connectivity index (χ0v) is 8.47. The van der Waals surface area contributed by atoms with Crippen molar-refractivity contribution in [3.05, 3.63) is 36.2 Å². The Morgan fingerprint density at radius 1 is 1.23 bits per heavy atom. The summed E-state index contributed by atoms with van der Waals surface area (Å²) < 4.78 is 5.67. The van der Waals surface area contributed by atoms with Gasteiger partial charge in [-0.05, 0) is 31.4 Å². The average molecular weight is 177 g/mol. The molecule has 71 valence electrons. The lowest BCUT2D eigenvalue weighted by Crippen LogP contribution is -1.99. The van der Waals surface area contributed by atoms with Crippen molar-refractivity contribution < 1.29 is 4.74 Å². The fraction of sp³-hybridized carbons (Fsp3) is 0.417. The van der Waals surface area contributed by atoms with Crippen LogP contribution in [-0.4, -0.2) is 6.61 Å².